The van der Waals surface area contributed by atoms with Gasteiger partial charge in [-0.15, -0.1) is 0 Å². The van der Waals surface area contributed by atoms with Crippen molar-refractivity contribution in [1.82, 2.24) is 4.90 Å². The fourth-order valence-corrected chi connectivity index (χ4v) is 2.03. The summed E-state index contributed by atoms with van der Waals surface area (Å²) in [5, 5.41) is 0. The van der Waals surface area contributed by atoms with E-state index in [0.29, 0.717) is 0 Å². The van der Waals surface area contributed by atoms with E-state index in [9.17, 15) is 4.79 Å². The van der Waals surface area contributed by atoms with Gasteiger partial charge in [-0.25, -0.2) is 0 Å². The Bertz CT molecular complexity index is 198. The highest BCUT2D eigenvalue weighted by Gasteiger charge is 2.42. The van der Waals surface area contributed by atoms with Crippen LogP contribution in [-0.4, -0.2) is 29.9 Å². The number of carbonyl (C=O) groups excluding carboxylic acids is 1. The van der Waals surface area contributed by atoms with Crippen LogP contribution in [0.4, 0.5) is 0 Å². The number of hydrogen-bond donors (Lipinski definition) is 1. The monoisotopic (exact) mass is 171 g/mol. The van der Waals surface area contributed by atoms with Crippen LogP contribution in [0.2, 0.25) is 0 Å². The molecule has 0 aromatic carbocycles. The van der Waals surface area contributed by atoms with Crippen LogP contribution >= 0.6 is 0 Å². The first-order valence-electron chi connectivity index (χ1n) is 5.22. The molecule has 3 nitrogen and oxygen atoms in total. The van der Waals surface area contributed by atoms with E-state index in [-0.39, 0.29) is 12.9 Å². The van der Waals surface area contributed by atoms with Crippen LogP contribution in [0, 0.1) is 0 Å². The lowest BCUT2D eigenvalue weighted by molar-refractivity contribution is -0.128. The van der Waals surface area contributed by atoms with Crippen molar-refractivity contribution in [2.75, 3.05) is 13.6 Å². The first-order chi connectivity index (χ1) is 6.17. The number of primary amides is 1. The summed E-state index contributed by atoms with van der Waals surface area (Å²) < 4.78 is 7.35. The molecule has 0 aliphatic carbocycles. The molecule has 1 rings (SSSR count). The molecule has 0 aromatic rings. The SMILES string of the molecule is [2H]CN1CCC[C@@]1(CCC)C(N)=O. The van der Waals surface area contributed by atoms with E-state index in [1.807, 2.05) is 11.8 Å². The van der Waals surface area contributed by atoms with Gasteiger partial charge in [0.25, 0.3) is 0 Å². The van der Waals surface area contributed by atoms with Crippen molar-refractivity contribution in [2.45, 2.75) is 38.1 Å². The standard InChI is InChI=1S/C9H18N2O/c1-3-5-9(8(10)12)6-4-7-11(9)2/h3-7H2,1-2H3,(H2,10,12)/t9-/m0/s1/i2D. The van der Waals surface area contributed by atoms with E-state index in [4.69, 9.17) is 7.10 Å². The quantitative estimate of drug-likeness (QED) is 0.680. The molecule has 0 spiro atoms. The van der Waals surface area contributed by atoms with Gasteiger partial charge in [-0.05, 0) is 32.8 Å². The molecule has 1 amide bonds. The maximum atomic E-state index is 11.4. The van der Waals surface area contributed by atoms with Crippen molar-refractivity contribution in [3.63, 3.8) is 0 Å². The summed E-state index contributed by atoms with van der Waals surface area (Å²) in [5.41, 5.74) is 4.92. The van der Waals surface area contributed by atoms with Gasteiger partial charge in [-0.3, -0.25) is 9.69 Å². The van der Waals surface area contributed by atoms with Gasteiger partial charge in [0.2, 0.25) is 5.91 Å². The lowest BCUT2D eigenvalue weighted by atomic mass is 9.90. The van der Waals surface area contributed by atoms with Gasteiger partial charge in [-0.1, -0.05) is 13.3 Å². The molecule has 1 aliphatic heterocycles. The number of amides is 1. The summed E-state index contributed by atoms with van der Waals surface area (Å²) in [5.74, 6) is -0.251. The van der Waals surface area contributed by atoms with Gasteiger partial charge in [-0.2, -0.15) is 0 Å². The van der Waals surface area contributed by atoms with E-state index in [1.165, 1.54) is 0 Å². The Morgan fingerprint density at radius 2 is 2.58 bits per heavy atom. The zero-order valence-corrected chi connectivity index (χ0v) is 7.68. The minimum absolute atomic E-state index is 0.183. The van der Waals surface area contributed by atoms with E-state index in [1.54, 1.807) is 0 Å². The molecule has 0 bridgehead atoms. The predicted octanol–water partition coefficient (Wildman–Crippen LogP) is 0.736. The van der Waals surface area contributed by atoms with Crippen LogP contribution in [0.1, 0.15) is 34.0 Å². The van der Waals surface area contributed by atoms with Crippen LogP contribution in [-0.2, 0) is 4.79 Å². The Morgan fingerprint density at radius 1 is 1.83 bits per heavy atom. The highest BCUT2D eigenvalue weighted by molar-refractivity contribution is 5.84. The summed E-state index contributed by atoms with van der Waals surface area (Å²) in [6, 6.07) is 0. The summed E-state index contributed by atoms with van der Waals surface area (Å²) in [6.07, 6.45) is 3.55. The first kappa shape index (κ1) is 8.05. The molecule has 2 N–H and O–H groups in total. The maximum absolute atomic E-state index is 11.4. The summed E-state index contributed by atoms with van der Waals surface area (Å²) in [4.78, 5) is 13.3. The van der Waals surface area contributed by atoms with Gasteiger partial charge >= 0.3 is 0 Å². The Labute approximate surface area is 75.3 Å². The number of rotatable bonds is 3. The van der Waals surface area contributed by atoms with E-state index < -0.39 is 5.54 Å². The second-order valence-corrected chi connectivity index (χ2v) is 3.51. The Hall–Kier alpha value is -0.570. The van der Waals surface area contributed by atoms with Gasteiger partial charge < -0.3 is 5.73 Å². The number of likely N-dealkylation sites (N-methyl/N-ethyl adjacent to an activating group) is 1. The molecule has 12 heavy (non-hydrogen) atoms. The number of nitrogens with two attached hydrogens (primary N) is 1. The van der Waals surface area contributed by atoms with Gasteiger partial charge in [0.1, 0.15) is 0 Å². The van der Waals surface area contributed by atoms with E-state index >= 15 is 0 Å². The van der Waals surface area contributed by atoms with E-state index in [2.05, 4.69) is 0 Å². The van der Waals surface area contributed by atoms with Gasteiger partial charge in [0.15, 0.2) is 0 Å². The fourth-order valence-electron chi connectivity index (χ4n) is 2.03. The fraction of sp³-hybridized carbons (Fsp3) is 0.889. The average molecular weight is 171 g/mol. The molecule has 1 saturated heterocycles. The molecule has 0 radical (unpaired) electrons. The molecule has 0 unspecified atom stereocenters. The second-order valence-electron chi connectivity index (χ2n) is 3.51. The van der Waals surface area contributed by atoms with Crippen LogP contribution in [0.15, 0.2) is 0 Å². The molecule has 1 aliphatic rings. The van der Waals surface area contributed by atoms with Crippen LogP contribution in [0.25, 0.3) is 0 Å². The lowest BCUT2D eigenvalue weighted by Gasteiger charge is -2.32. The highest BCUT2D eigenvalue weighted by Crippen LogP contribution is 2.31. The molecule has 0 aromatic heterocycles. The molecule has 70 valence electrons. The average Bonchev–Trinajstić information content (AvgIpc) is 2.49. The second kappa shape index (κ2) is 3.44. The maximum Gasteiger partial charge on any atom is 0.237 e. The Balaban J connectivity index is 2.81. The van der Waals surface area contributed by atoms with Crippen molar-refractivity contribution in [1.29, 1.82) is 0 Å². The zero-order valence-electron chi connectivity index (χ0n) is 8.68. The molecule has 1 atom stereocenters. The summed E-state index contributed by atoms with van der Waals surface area (Å²) in [7, 11) is 0.183. The third-order valence-corrected chi connectivity index (χ3v) is 2.75. The number of nitrogens with zero attached hydrogens (tertiary/aromatic N) is 1. The van der Waals surface area contributed by atoms with Crippen LogP contribution in [0.3, 0.4) is 0 Å². The Kier molecular flexibility index (Phi) is 2.30. The molecular weight excluding hydrogens is 152 g/mol. The Morgan fingerprint density at radius 3 is 3.08 bits per heavy atom. The molecule has 0 saturated carbocycles. The highest BCUT2D eigenvalue weighted by atomic mass is 16.1. The summed E-state index contributed by atoms with van der Waals surface area (Å²) in [6.45, 7) is 2.89. The van der Waals surface area contributed by atoms with Crippen molar-refractivity contribution in [3.05, 3.63) is 0 Å². The molecule has 1 heterocycles. The minimum Gasteiger partial charge on any atom is -0.368 e. The number of carbonyl (C=O) groups is 1. The molecular formula is C9H18N2O. The molecule has 1 fully saturated rings. The van der Waals surface area contributed by atoms with Crippen molar-refractivity contribution < 1.29 is 6.17 Å². The largest absolute Gasteiger partial charge is 0.368 e. The van der Waals surface area contributed by atoms with Gasteiger partial charge in [0, 0.05) is 1.37 Å². The summed E-state index contributed by atoms with van der Waals surface area (Å²) >= 11 is 0. The predicted molar refractivity (Wildman–Crippen MR) is 48.7 cm³/mol. The van der Waals surface area contributed by atoms with Crippen LogP contribution in [0.5, 0.6) is 0 Å². The smallest absolute Gasteiger partial charge is 0.237 e. The van der Waals surface area contributed by atoms with Crippen LogP contribution < -0.4 is 5.73 Å². The number of hydrogen-bond acceptors (Lipinski definition) is 2. The number of likely N-dealkylation sites (tertiary alicyclic amines) is 1. The zero-order chi connectivity index (χ0) is 9.90. The third kappa shape index (κ3) is 1.33. The molecule has 3 heteroatoms. The lowest BCUT2D eigenvalue weighted by Crippen LogP contribution is -2.52. The van der Waals surface area contributed by atoms with Crippen molar-refractivity contribution >= 4 is 5.91 Å². The third-order valence-electron chi connectivity index (χ3n) is 2.75. The van der Waals surface area contributed by atoms with Crippen molar-refractivity contribution in [2.24, 2.45) is 5.73 Å². The minimum atomic E-state index is -0.503. The van der Waals surface area contributed by atoms with Crippen molar-refractivity contribution in [3.8, 4) is 0 Å². The van der Waals surface area contributed by atoms with E-state index in [0.717, 1.165) is 32.2 Å². The topological polar surface area (TPSA) is 46.3 Å². The normalized spacial score (nSPS) is 31.9. The first-order valence-corrected chi connectivity index (χ1v) is 4.51. The van der Waals surface area contributed by atoms with Gasteiger partial charge in [0.05, 0.1) is 5.54 Å².